The summed E-state index contributed by atoms with van der Waals surface area (Å²) >= 11 is 0. The van der Waals surface area contributed by atoms with Gasteiger partial charge in [-0.25, -0.2) is 4.39 Å². The minimum absolute atomic E-state index is 0.209. The highest BCUT2D eigenvalue weighted by molar-refractivity contribution is 6.06. The molecule has 33 heavy (non-hydrogen) atoms. The molecule has 0 saturated carbocycles. The number of fused-ring (bicyclic) bond motifs is 2. The molecule has 0 aliphatic carbocycles. The quantitative estimate of drug-likeness (QED) is 0.473. The largest absolute Gasteiger partial charge is 0.489 e. The summed E-state index contributed by atoms with van der Waals surface area (Å²) in [5.41, 5.74) is 1.35. The second-order valence-electron chi connectivity index (χ2n) is 8.47. The number of ether oxygens (including phenoxy) is 1. The van der Waals surface area contributed by atoms with E-state index in [1.54, 1.807) is 72.6 Å². The Bertz CT molecular complexity index is 1230. The van der Waals surface area contributed by atoms with Crippen molar-refractivity contribution in [2.24, 2.45) is 0 Å². The van der Waals surface area contributed by atoms with Crippen molar-refractivity contribution in [2.45, 2.75) is 24.1 Å². The molecule has 1 spiro atoms. The fourth-order valence-electron chi connectivity index (χ4n) is 5.18. The number of halogens is 1. The smallest absolute Gasteiger partial charge is 0.256 e. The van der Waals surface area contributed by atoms with Crippen LogP contribution < -0.4 is 10.1 Å². The van der Waals surface area contributed by atoms with Crippen molar-refractivity contribution >= 4 is 11.6 Å². The molecule has 5 rings (SSSR count). The Morgan fingerprint density at radius 3 is 2.64 bits per heavy atom. The van der Waals surface area contributed by atoms with Crippen LogP contribution in [0.25, 0.3) is 0 Å². The van der Waals surface area contributed by atoms with Crippen LogP contribution in [0.3, 0.4) is 0 Å². The van der Waals surface area contributed by atoms with Crippen LogP contribution >= 0.6 is 0 Å². The first-order chi connectivity index (χ1) is 15.9. The van der Waals surface area contributed by atoms with Crippen LogP contribution in [0.15, 0.2) is 72.8 Å². The highest BCUT2D eigenvalue weighted by atomic mass is 19.1. The molecular formula is C25H22FN3O4. The maximum atomic E-state index is 13.4. The number of likely N-dealkylation sites (N-methyl/N-ethyl adjacent to an activating group) is 1. The van der Waals surface area contributed by atoms with E-state index >= 15 is 0 Å². The lowest BCUT2D eigenvalue weighted by molar-refractivity contribution is -0.534. The van der Waals surface area contributed by atoms with Crippen molar-refractivity contribution < 1.29 is 18.8 Å². The molecule has 8 heteroatoms. The van der Waals surface area contributed by atoms with Gasteiger partial charge >= 0.3 is 0 Å². The van der Waals surface area contributed by atoms with Gasteiger partial charge in [-0.15, -0.1) is 0 Å². The van der Waals surface area contributed by atoms with E-state index in [0.717, 1.165) is 5.56 Å². The molecule has 1 N–H and O–H groups in total. The zero-order valence-electron chi connectivity index (χ0n) is 17.9. The molecule has 3 atom stereocenters. The summed E-state index contributed by atoms with van der Waals surface area (Å²) < 4.78 is 19.1. The minimum Gasteiger partial charge on any atom is -0.489 e. The van der Waals surface area contributed by atoms with Crippen LogP contribution in [-0.4, -0.2) is 35.4 Å². The first-order valence-electron chi connectivity index (χ1n) is 10.6. The second-order valence-corrected chi connectivity index (χ2v) is 8.47. The monoisotopic (exact) mass is 447 g/mol. The van der Waals surface area contributed by atoms with Crippen molar-refractivity contribution in [1.29, 1.82) is 0 Å². The highest BCUT2D eigenvalue weighted by Crippen LogP contribution is 2.51. The standard InChI is InChI=1S/C25H22FN3O4/c1-28-14-20(17-9-11-19(12-10-17)33-15-16-5-4-6-18(26)13-16)23(29(31)32)25(28)21-7-2-3-8-22(21)27-24(25)30/h2-13,20,23H,14-15H2,1H3,(H,27,30)/t20-,23+,25-/m1/s1. The number of benzene rings is 3. The van der Waals surface area contributed by atoms with Crippen LogP contribution in [0.4, 0.5) is 10.1 Å². The molecular weight excluding hydrogens is 425 g/mol. The second kappa shape index (κ2) is 7.97. The number of carbonyl (C=O) groups is 1. The van der Waals surface area contributed by atoms with Gasteiger partial charge in [0.25, 0.3) is 11.9 Å². The highest BCUT2D eigenvalue weighted by Gasteiger charge is 2.68. The molecule has 2 heterocycles. The third-order valence-electron chi connectivity index (χ3n) is 6.64. The van der Waals surface area contributed by atoms with Crippen molar-refractivity contribution in [3.63, 3.8) is 0 Å². The van der Waals surface area contributed by atoms with Crippen molar-refractivity contribution in [3.05, 3.63) is 105 Å². The predicted octanol–water partition coefficient (Wildman–Crippen LogP) is 3.93. The maximum Gasteiger partial charge on any atom is 0.256 e. The Morgan fingerprint density at radius 2 is 1.91 bits per heavy atom. The average molecular weight is 447 g/mol. The molecule has 0 aromatic heterocycles. The fourth-order valence-corrected chi connectivity index (χ4v) is 5.18. The van der Waals surface area contributed by atoms with Gasteiger partial charge in [0.1, 0.15) is 18.2 Å². The van der Waals surface area contributed by atoms with E-state index in [1.807, 2.05) is 0 Å². The van der Waals surface area contributed by atoms with Gasteiger partial charge in [-0.2, -0.15) is 0 Å². The van der Waals surface area contributed by atoms with Gasteiger partial charge < -0.3 is 10.1 Å². The van der Waals surface area contributed by atoms with E-state index in [1.165, 1.54) is 12.1 Å². The van der Waals surface area contributed by atoms with E-state index in [2.05, 4.69) is 5.32 Å². The molecule has 1 saturated heterocycles. The van der Waals surface area contributed by atoms with Gasteiger partial charge in [-0.05, 0) is 48.5 Å². The third kappa shape index (κ3) is 3.34. The molecule has 0 bridgehead atoms. The Kier molecular flexibility index (Phi) is 5.09. The zero-order valence-corrected chi connectivity index (χ0v) is 17.9. The van der Waals surface area contributed by atoms with Gasteiger partial charge in [-0.3, -0.25) is 19.8 Å². The van der Waals surface area contributed by atoms with Gasteiger partial charge in [0, 0.05) is 22.7 Å². The van der Waals surface area contributed by atoms with Crippen LogP contribution in [0.1, 0.15) is 22.6 Å². The molecule has 1 fully saturated rings. The summed E-state index contributed by atoms with van der Waals surface area (Å²) in [5, 5.41) is 15.2. The lowest BCUT2D eigenvalue weighted by atomic mass is 9.79. The summed E-state index contributed by atoms with van der Waals surface area (Å²) in [6.45, 7) is 0.567. The Morgan fingerprint density at radius 1 is 1.15 bits per heavy atom. The summed E-state index contributed by atoms with van der Waals surface area (Å²) in [6.07, 6.45) is 0. The molecule has 7 nitrogen and oxygen atoms in total. The number of nitrogens with zero attached hydrogens (tertiary/aromatic N) is 2. The Balaban J connectivity index is 1.43. The molecule has 0 radical (unpaired) electrons. The van der Waals surface area contributed by atoms with Crippen LogP contribution in [0.2, 0.25) is 0 Å². The topological polar surface area (TPSA) is 84.7 Å². The normalized spacial score (nSPS) is 24.0. The molecule has 3 aromatic carbocycles. The number of para-hydroxylation sites is 1. The number of carbonyl (C=O) groups excluding carboxylic acids is 1. The SMILES string of the molecule is CN1C[C@H](c2ccc(OCc3cccc(F)c3)cc2)[C@H]([N+](=O)[O-])[C@]12C(=O)Nc1ccccc12. The van der Waals surface area contributed by atoms with E-state index < -0.39 is 17.5 Å². The third-order valence-corrected chi connectivity index (χ3v) is 6.64. The van der Waals surface area contributed by atoms with Crippen LogP contribution in [-0.2, 0) is 16.9 Å². The summed E-state index contributed by atoms with van der Waals surface area (Å²) in [5.74, 6) is -0.607. The average Bonchev–Trinajstić information content (AvgIpc) is 3.28. The van der Waals surface area contributed by atoms with Crippen LogP contribution in [0.5, 0.6) is 5.75 Å². The zero-order chi connectivity index (χ0) is 23.2. The maximum absolute atomic E-state index is 13.4. The summed E-state index contributed by atoms with van der Waals surface area (Å²) in [6, 6.07) is 19.3. The predicted molar refractivity (Wildman–Crippen MR) is 120 cm³/mol. The van der Waals surface area contributed by atoms with Crippen molar-refractivity contribution in [2.75, 3.05) is 18.9 Å². The van der Waals surface area contributed by atoms with Gasteiger partial charge in [-0.1, -0.05) is 42.5 Å². The first-order valence-corrected chi connectivity index (χ1v) is 10.6. The number of nitrogens with one attached hydrogen (secondary N) is 1. The molecule has 168 valence electrons. The molecule has 1 amide bonds. The van der Waals surface area contributed by atoms with Gasteiger partial charge in [0.05, 0.1) is 5.92 Å². The molecule has 3 aromatic rings. The number of hydrogen-bond donors (Lipinski definition) is 1. The number of anilines is 1. The number of amides is 1. The Hall–Kier alpha value is -3.78. The first kappa shape index (κ1) is 21.1. The van der Waals surface area contributed by atoms with Crippen LogP contribution in [0, 0.1) is 15.9 Å². The molecule has 2 aliphatic rings. The van der Waals surface area contributed by atoms with Crippen molar-refractivity contribution in [3.8, 4) is 5.75 Å². The van der Waals surface area contributed by atoms with E-state index in [0.29, 0.717) is 29.1 Å². The van der Waals surface area contributed by atoms with E-state index in [9.17, 15) is 19.3 Å². The summed E-state index contributed by atoms with van der Waals surface area (Å²) in [4.78, 5) is 27.0. The number of likely N-dealkylation sites (tertiary alicyclic amines) is 1. The fraction of sp³-hybridized carbons (Fsp3) is 0.240. The lowest BCUT2D eigenvalue weighted by Crippen LogP contribution is -2.54. The summed E-state index contributed by atoms with van der Waals surface area (Å²) in [7, 11) is 1.76. The number of nitro groups is 1. The van der Waals surface area contributed by atoms with Crippen molar-refractivity contribution in [1.82, 2.24) is 4.90 Å². The Labute approximate surface area is 189 Å². The minimum atomic E-state index is -1.36. The molecule has 2 aliphatic heterocycles. The van der Waals surface area contributed by atoms with Gasteiger partial charge in [0.2, 0.25) is 0 Å². The van der Waals surface area contributed by atoms with E-state index in [-0.39, 0.29) is 23.3 Å². The van der Waals surface area contributed by atoms with E-state index in [4.69, 9.17) is 4.74 Å². The number of hydrogen-bond acceptors (Lipinski definition) is 5. The lowest BCUT2D eigenvalue weighted by Gasteiger charge is -2.30. The number of rotatable bonds is 5. The molecule has 0 unspecified atom stereocenters. The van der Waals surface area contributed by atoms with Gasteiger partial charge in [0.15, 0.2) is 5.54 Å².